The fraction of sp³-hybridized carbons (Fsp3) is 0.526. The molecule has 0 bridgehead atoms. The van der Waals surface area contributed by atoms with Gasteiger partial charge < -0.3 is 15.0 Å². The van der Waals surface area contributed by atoms with Crippen molar-refractivity contribution in [1.29, 1.82) is 0 Å². The van der Waals surface area contributed by atoms with E-state index < -0.39 is 57.0 Å². The number of benzene rings is 1. The molecule has 1 aromatic rings. The summed E-state index contributed by atoms with van der Waals surface area (Å²) in [4.78, 5) is 29.1. The Morgan fingerprint density at radius 1 is 1.22 bits per heavy atom. The van der Waals surface area contributed by atoms with E-state index in [1.54, 1.807) is 20.8 Å². The number of alkyl carbamates (subject to hydrolysis) is 1. The molecule has 3 rings (SSSR count). The van der Waals surface area contributed by atoms with Gasteiger partial charge in [0.25, 0.3) is 5.91 Å². The molecule has 2 unspecified atom stereocenters. The third-order valence-electron chi connectivity index (χ3n) is 4.54. The number of fused-ring (bicyclic) bond motifs is 1. The van der Waals surface area contributed by atoms with Crippen LogP contribution in [0.3, 0.4) is 0 Å². The Kier molecular flexibility index (Phi) is 6.53. The van der Waals surface area contributed by atoms with E-state index in [1.165, 1.54) is 23.1 Å². The molecule has 1 N–H and O–H groups in total. The van der Waals surface area contributed by atoms with Crippen molar-refractivity contribution in [3.63, 3.8) is 0 Å². The Bertz CT molecular complexity index is 1050. The van der Waals surface area contributed by atoms with Gasteiger partial charge in [0.05, 0.1) is 28.8 Å². The zero-order valence-electron chi connectivity index (χ0n) is 17.5. The van der Waals surface area contributed by atoms with Gasteiger partial charge in [-0.05, 0) is 32.9 Å². The standard InChI is InChI=1S/C19H22F3N3O5S2/c1-18(2,3)30-17(27)23-8-15(26)24-16-25(13-9-32(28,29)10-14(13)31-16)12-7-5-4-6-11(12)19(20,21)22/h4-7,13-14H,8-10H2,1-3H3,(H,23,27). The summed E-state index contributed by atoms with van der Waals surface area (Å²) >= 11 is 0.943. The molecule has 13 heteroatoms. The van der Waals surface area contributed by atoms with Gasteiger partial charge in [-0.25, -0.2) is 13.2 Å². The van der Waals surface area contributed by atoms with Crippen LogP contribution in [0.1, 0.15) is 26.3 Å². The lowest BCUT2D eigenvalue weighted by atomic mass is 10.1. The van der Waals surface area contributed by atoms with Crippen LogP contribution in [0.25, 0.3) is 0 Å². The summed E-state index contributed by atoms with van der Waals surface area (Å²) in [6, 6.07) is 3.94. The van der Waals surface area contributed by atoms with Gasteiger partial charge in [0.1, 0.15) is 12.1 Å². The second-order valence-corrected chi connectivity index (χ2v) is 11.7. The number of sulfone groups is 1. The molecule has 0 spiro atoms. The smallest absolute Gasteiger partial charge is 0.418 e. The van der Waals surface area contributed by atoms with Gasteiger partial charge >= 0.3 is 12.3 Å². The second-order valence-electron chi connectivity index (χ2n) is 8.33. The highest BCUT2D eigenvalue weighted by molar-refractivity contribution is 8.16. The van der Waals surface area contributed by atoms with Gasteiger partial charge in [0.2, 0.25) is 0 Å². The number of carbonyl (C=O) groups excluding carboxylic acids is 2. The quantitative estimate of drug-likeness (QED) is 0.690. The number of alkyl halides is 3. The minimum Gasteiger partial charge on any atom is -0.444 e. The topological polar surface area (TPSA) is 105 Å². The van der Waals surface area contributed by atoms with Crippen LogP contribution in [-0.4, -0.2) is 60.5 Å². The number of anilines is 1. The van der Waals surface area contributed by atoms with Crippen molar-refractivity contribution >= 4 is 44.5 Å². The Balaban J connectivity index is 1.89. The predicted molar refractivity (Wildman–Crippen MR) is 114 cm³/mol. The molecule has 2 aliphatic heterocycles. The van der Waals surface area contributed by atoms with Crippen molar-refractivity contribution < 1.29 is 35.9 Å². The van der Waals surface area contributed by atoms with Gasteiger partial charge in [0.15, 0.2) is 15.0 Å². The number of para-hydroxylation sites is 1. The molecule has 2 fully saturated rings. The van der Waals surface area contributed by atoms with Crippen LogP contribution in [0.5, 0.6) is 0 Å². The molecule has 0 saturated carbocycles. The van der Waals surface area contributed by atoms with Gasteiger partial charge in [-0.15, -0.1) is 0 Å². The number of nitrogens with zero attached hydrogens (tertiary/aromatic N) is 2. The average molecular weight is 494 g/mol. The van der Waals surface area contributed by atoms with Gasteiger partial charge in [0, 0.05) is 5.25 Å². The number of halogens is 3. The third kappa shape index (κ3) is 5.74. The summed E-state index contributed by atoms with van der Waals surface area (Å²) < 4.78 is 70.0. The molecule has 0 aliphatic carbocycles. The highest BCUT2D eigenvalue weighted by Gasteiger charge is 2.51. The minimum atomic E-state index is -4.69. The first-order valence-corrected chi connectivity index (χ1v) is 12.3. The Morgan fingerprint density at radius 2 is 1.88 bits per heavy atom. The van der Waals surface area contributed by atoms with Crippen molar-refractivity contribution in [2.24, 2.45) is 4.99 Å². The lowest BCUT2D eigenvalue weighted by molar-refractivity contribution is -0.137. The van der Waals surface area contributed by atoms with E-state index in [2.05, 4.69) is 10.3 Å². The molecule has 1 aromatic carbocycles. The van der Waals surface area contributed by atoms with E-state index in [0.29, 0.717) is 0 Å². The van der Waals surface area contributed by atoms with Gasteiger partial charge in [-0.1, -0.05) is 23.9 Å². The summed E-state index contributed by atoms with van der Waals surface area (Å²) in [6.07, 6.45) is -5.53. The number of hydrogen-bond donors (Lipinski definition) is 1. The van der Waals surface area contributed by atoms with Crippen molar-refractivity contribution in [3.8, 4) is 0 Å². The minimum absolute atomic E-state index is 0.0393. The van der Waals surface area contributed by atoms with E-state index in [1.807, 2.05) is 0 Å². The molecule has 2 aliphatic rings. The zero-order valence-corrected chi connectivity index (χ0v) is 19.1. The van der Waals surface area contributed by atoms with Crippen LogP contribution < -0.4 is 10.2 Å². The molecule has 2 atom stereocenters. The molecule has 0 radical (unpaired) electrons. The highest BCUT2D eigenvalue weighted by atomic mass is 32.2. The van der Waals surface area contributed by atoms with Crippen molar-refractivity contribution in [3.05, 3.63) is 29.8 Å². The predicted octanol–water partition coefficient (Wildman–Crippen LogP) is 2.83. The molecule has 2 heterocycles. The van der Waals surface area contributed by atoms with Crippen molar-refractivity contribution in [2.45, 2.75) is 43.8 Å². The number of aliphatic imine (C=N–C) groups is 1. The van der Waals surface area contributed by atoms with E-state index in [4.69, 9.17) is 4.74 Å². The van der Waals surface area contributed by atoms with Gasteiger partial charge in [-0.2, -0.15) is 18.2 Å². The summed E-state index contributed by atoms with van der Waals surface area (Å²) in [5.41, 5.74) is -2.01. The second kappa shape index (κ2) is 8.58. The van der Waals surface area contributed by atoms with Crippen molar-refractivity contribution in [2.75, 3.05) is 23.0 Å². The Morgan fingerprint density at radius 3 is 2.50 bits per heavy atom. The number of hydrogen-bond acceptors (Lipinski definition) is 6. The van der Waals surface area contributed by atoms with Crippen LogP contribution in [0, 0.1) is 0 Å². The zero-order chi connectivity index (χ0) is 23.9. The van der Waals surface area contributed by atoms with Crippen LogP contribution in [-0.2, 0) is 25.5 Å². The number of thioether (sulfide) groups is 1. The van der Waals surface area contributed by atoms with E-state index >= 15 is 0 Å². The lowest BCUT2D eigenvalue weighted by Gasteiger charge is -2.27. The lowest BCUT2D eigenvalue weighted by Crippen LogP contribution is -2.39. The number of carbonyl (C=O) groups is 2. The molecule has 0 aromatic heterocycles. The number of amides is 2. The fourth-order valence-corrected chi connectivity index (χ4v) is 7.30. The number of nitrogens with one attached hydrogen (secondary N) is 1. The largest absolute Gasteiger partial charge is 0.444 e. The normalized spacial score (nSPS) is 23.8. The molecule has 32 heavy (non-hydrogen) atoms. The highest BCUT2D eigenvalue weighted by Crippen LogP contribution is 2.45. The summed E-state index contributed by atoms with van der Waals surface area (Å²) in [5.74, 6) is -1.38. The first-order chi connectivity index (χ1) is 14.7. The SMILES string of the molecule is CC(C)(C)OC(=O)NCC(=O)N=C1SC2CS(=O)(=O)CC2N1c1ccccc1C(F)(F)F. The molecule has 2 amide bonds. The van der Waals surface area contributed by atoms with Crippen LogP contribution >= 0.6 is 11.8 Å². The number of rotatable bonds is 3. The Labute approximate surface area is 187 Å². The molecular formula is C19H22F3N3O5S2. The number of amidine groups is 1. The maximum atomic E-state index is 13.6. The van der Waals surface area contributed by atoms with Crippen LogP contribution in [0.4, 0.5) is 23.7 Å². The number of ether oxygens (including phenoxy) is 1. The molecule has 176 valence electrons. The van der Waals surface area contributed by atoms with Crippen molar-refractivity contribution in [1.82, 2.24) is 5.32 Å². The maximum absolute atomic E-state index is 13.6. The first kappa shape index (κ1) is 24.4. The van der Waals surface area contributed by atoms with E-state index in [-0.39, 0.29) is 22.4 Å². The van der Waals surface area contributed by atoms with Crippen LogP contribution in [0.15, 0.2) is 29.3 Å². The van der Waals surface area contributed by atoms with E-state index in [0.717, 1.165) is 17.8 Å². The Hall–Kier alpha value is -2.28. The fourth-order valence-electron chi connectivity index (χ4n) is 3.38. The molecule has 2 saturated heterocycles. The maximum Gasteiger partial charge on any atom is 0.418 e. The first-order valence-electron chi connectivity index (χ1n) is 9.57. The van der Waals surface area contributed by atoms with Crippen LogP contribution in [0.2, 0.25) is 0 Å². The van der Waals surface area contributed by atoms with Gasteiger partial charge in [-0.3, -0.25) is 4.79 Å². The summed E-state index contributed by atoms with van der Waals surface area (Å²) in [7, 11) is -3.44. The molecular weight excluding hydrogens is 471 g/mol. The third-order valence-corrected chi connectivity index (χ3v) is 7.75. The summed E-state index contributed by atoms with van der Waals surface area (Å²) in [5, 5.41) is 1.64. The van der Waals surface area contributed by atoms with E-state index in [9.17, 15) is 31.2 Å². The monoisotopic (exact) mass is 493 g/mol. The summed E-state index contributed by atoms with van der Waals surface area (Å²) in [6.45, 7) is 4.41. The molecule has 8 nitrogen and oxygen atoms in total. The average Bonchev–Trinajstić information content (AvgIpc) is 3.08.